The van der Waals surface area contributed by atoms with Crippen LogP contribution in [0.25, 0.3) is 0 Å². The summed E-state index contributed by atoms with van der Waals surface area (Å²) in [5.74, 6) is 0.937. The van der Waals surface area contributed by atoms with Gasteiger partial charge in [0.1, 0.15) is 11.5 Å². The standard InChI is InChI=1S/C19H20O5S/c1-19(2,13-5-9-15(10-6-13)23-17(20)22-3)14-7-11-16(12-8-14)24-18(21)25-4/h5-12H,1-4H3. The van der Waals surface area contributed by atoms with Gasteiger partial charge >= 0.3 is 11.5 Å². The molecule has 0 aliphatic heterocycles. The number of ether oxygens (including phenoxy) is 3. The molecule has 132 valence electrons. The number of hydrogen-bond acceptors (Lipinski definition) is 6. The van der Waals surface area contributed by atoms with Crippen molar-refractivity contribution in [3.8, 4) is 11.5 Å². The SMILES string of the molecule is COC(=O)Oc1ccc(C(C)(C)c2ccc(OC(=O)SC)cc2)cc1. The van der Waals surface area contributed by atoms with E-state index in [-0.39, 0.29) is 10.7 Å². The molecule has 0 aromatic heterocycles. The summed E-state index contributed by atoms with van der Waals surface area (Å²) in [6.45, 7) is 4.18. The van der Waals surface area contributed by atoms with Gasteiger partial charge in [-0.15, -0.1) is 0 Å². The first-order valence-electron chi connectivity index (χ1n) is 7.59. The molecule has 0 saturated heterocycles. The molecule has 0 amide bonds. The molecule has 0 bridgehead atoms. The van der Waals surface area contributed by atoms with Crippen LogP contribution in [0, 0.1) is 0 Å². The second-order valence-electron chi connectivity index (χ2n) is 5.79. The molecule has 2 aromatic rings. The van der Waals surface area contributed by atoms with E-state index in [9.17, 15) is 9.59 Å². The largest absolute Gasteiger partial charge is 0.513 e. The van der Waals surface area contributed by atoms with Crippen LogP contribution in [0.5, 0.6) is 11.5 Å². The van der Waals surface area contributed by atoms with Crippen LogP contribution >= 0.6 is 11.8 Å². The lowest BCUT2D eigenvalue weighted by Gasteiger charge is -2.26. The Bertz CT molecular complexity index is 672. The fourth-order valence-electron chi connectivity index (χ4n) is 2.32. The van der Waals surface area contributed by atoms with Crippen molar-refractivity contribution in [2.24, 2.45) is 0 Å². The first-order valence-corrected chi connectivity index (χ1v) is 8.82. The van der Waals surface area contributed by atoms with E-state index in [0.717, 1.165) is 22.9 Å². The molecule has 6 heteroatoms. The highest BCUT2D eigenvalue weighted by atomic mass is 32.2. The van der Waals surface area contributed by atoms with Crippen molar-refractivity contribution in [1.82, 2.24) is 0 Å². The molecule has 0 heterocycles. The highest BCUT2D eigenvalue weighted by molar-refractivity contribution is 8.12. The Hall–Kier alpha value is -2.47. The highest BCUT2D eigenvalue weighted by Gasteiger charge is 2.23. The molecular formula is C19H20O5S. The number of carbonyl (C=O) groups is 2. The maximum atomic E-state index is 11.3. The van der Waals surface area contributed by atoms with E-state index < -0.39 is 6.16 Å². The smallest absolute Gasteiger partial charge is 0.437 e. The van der Waals surface area contributed by atoms with E-state index >= 15 is 0 Å². The zero-order valence-corrected chi connectivity index (χ0v) is 15.4. The normalized spacial score (nSPS) is 10.9. The lowest BCUT2D eigenvalue weighted by atomic mass is 9.78. The average molecular weight is 360 g/mol. The van der Waals surface area contributed by atoms with Crippen LogP contribution in [0.3, 0.4) is 0 Å². The summed E-state index contributed by atoms with van der Waals surface area (Å²) in [6.07, 6.45) is 0.926. The molecule has 25 heavy (non-hydrogen) atoms. The fourth-order valence-corrected chi connectivity index (χ4v) is 2.50. The van der Waals surface area contributed by atoms with Crippen molar-refractivity contribution in [1.29, 1.82) is 0 Å². The molecule has 0 spiro atoms. The third-order valence-corrected chi connectivity index (χ3v) is 4.30. The minimum absolute atomic E-state index is 0.272. The Kier molecular flexibility index (Phi) is 6.09. The van der Waals surface area contributed by atoms with E-state index in [1.165, 1.54) is 7.11 Å². The Balaban J connectivity index is 2.17. The molecule has 0 atom stereocenters. The van der Waals surface area contributed by atoms with E-state index in [1.54, 1.807) is 30.5 Å². The lowest BCUT2D eigenvalue weighted by Crippen LogP contribution is -2.18. The Morgan fingerprint density at radius 3 is 1.68 bits per heavy atom. The summed E-state index contributed by atoms with van der Waals surface area (Å²) in [6, 6.07) is 14.7. The van der Waals surface area contributed by atoms with Crippen molar-refractivity contribution in [3.05, 3.63) is 59.7 Å². The summed E-state index contributed by atoms with van der Waals surface area (Å²) in [5, 5.41) is -0.340. The number of carbonyl (C=O) groups excluding carboxylic acids is 2. The number of methoxy groups -OCH3 is 1. The first kappa shape index (κ1) is 18.9. The minimum atomic E-state index is -0.748. The van der Waals surface area contributed by atoms with Crippen LogP contribution in [-0.2, 0) is 10.2 Å². The maximum Gasteiger partial charge on any atom is 0.513 e. The lowest BCUT2D eigenvalue weighted by molar-refractivity contribution is 0.121. The number of hydrogen-bond donors (Lipinski definition) is 0. The van der Waals surface area contributed by atoms with Gasteiger partial charge in [-0.25, -0.2) is 9.59 Å². The topological polar surface area (TPSA) is 61.8 Å². The quantitative estimate of drug-likeness (QED) is 0.563. The summed E-state index contributed by atoms with van der Waals surface area (Å²) in [5.41, 5.74) is 1.85. The number of benzene rings is 2. The molecule has 2 rings (SSSR count). The van der Waals surface area contributed by atoms with Gasteiger partial charge in [0.25, 0.3) is 0 Å². The van der Waals surface area contributed by atoms with Gasteiger partial charge in [0.05, 0.1) is 7.11 Å². The minimum Gasteiger partial charge on any atom is -0.437 e. The maximum absolute atomic E-state index is 11.3. The summed E-state index contributed by atoms with van der Waals surface area (Å²) >= 11 is 1.03. The van der Waals surface area contributed by atoms with E-state index in [1.807, 2.05) is 24.3 Å². The summed E-state index contributed by atoms with van der Waals surface area (Å²) in [7, 11) is 1.26. The van der Waals surface area contributed by atoms with E-state index in [2.05, 4.69) is 18.6 Å². The van der Waals surface area contributed by atoms with Crippen molar-refractivity contribution in [3.63, 3.8) is 0 Å². The zero-order chi connectivity index (χ0) is 18.4. The van der Waals surface area contributed by atoms with Crippen molar-refractivity contribution in [2.45, 2.75) is 19.3 Å². The zero-order valence-electron chi connectivity index (χ0n) is 14.6. The van der Waals surface area contributed by atoms with Crippen molar-refractivity contribution < 1.29 is 23.8 Å². The Morgan fingerprint density at radius 1 is 0.840 bits per heavy atom. The van der Waals surface area contributed by atoms with Crippen LogP contribution in [0.1, 0.15) is 25.0 Å². The van der Waals surface area contributed by atoms with Crippen LogP contribution in [0.2, 0.25) is 0 Å². The molecule has 0 fully saturated rings. The van der Waals surface area contributed by atoms with Gasteiger partial charge in [0.2, 0.25) is 0 Å². The molecule has 5 nitrogen and oxygen atoms in total. The van der Waals surface area contributed by atoms with Crippen LogP contribution in [-0.4, -0.2) is 24.8 Å². The molecule has 0 aliphatic rings. The third-order valence-electron chi connectivity index (χ3n) is 3.89. The van der Waals surface area contributed by atoms with Gasteiger partial charge < -0.3 is 14.2 Å². The van der Waals surface area contributed by atoms with Gasteiger partial charge in [0.15, 0.2) is 0 Å². The van der Waals surface area contributed by atoms with Gasteiger partial charge in [-0.1, -0.05) is 38.1 Å². The predicted molar refractivity (Wildman–Crippen MR) is 97.6 cm³/mol. The first-order chi connectivity index (χ1) is 11.9. The molecule has 0 aliphatic carbocycles. The molecule has 2 aromatic carbocycles. The molecular weight excluding hydrogens is 340 g/mol. The summed E-state index contributed by atoms with van der Waals surface area (Å²) in [4.78, 5) is 22.4. The van der Waals surface area contributed by atoms with Crippen molar-refractivity contribution >= 4 is 23.2 Å². The van der Waals surface area contributed by atoms with Crippen LogP contribution in [0.15, 0.2) is 48.5 Å². The highest BCUT2D eigenvalue weighted by Crippen LogP contribution is 2.33. The van der Waals surface area contributed by atoms with Crippen molar-refractivity contribution in [2.75, 3.05) is 13.4 Å². The molecule has 0 N–H and O–H groups in total. The monoisotopic (exact) mass is 360 g/mol. The average Bonchev–Trinajstić information content (AvgIpc) is 2.62. The summed E-state index contributed by atoms with van der Waals surface area (Å²) < 4.78 is 14.6. The predicted octanol–water partition coefficient (Wildman–Crippen LogP) is 5.02. The van der Waals surface area contributed by atoms with E-state index in [0.29, 0.717) is 11.5 Å². The Morgan fingerprint density at radius 2 is 1.28 bits per heavy atom. The molecule has 0 radical (unpaired) electrons. The van der Waals surface area contributed by atoms with Gasteiger partial charge in [-0.05, 0) is 53.4 Å². The second-order valence-corrected chi connectivity index (χ2v) is 6.53. The fraction of sp³-hybridized carbons (Fsp3) is 0.263. The van der Waals surface area contributed by atoms with Crippen LogP contribution in [0.4, 0.5) is 9.59 Å². The number of rotatable bonds is 4. The van der Waals surface area contributed by atoms with Gasteiger partial charge in [-0.2, -0.15) is 0 Å². The van der Waals surface area contributed by atoms with E-state index in [4.69, 9.17) is 9.47 Å². The molecule has 0 saturated carbocycles. The van der Waals surface area contributed by atoms with Gasteiger partial charge in [-0.3, -0.25) is 0 Å². The third kappa shape index (κ3) is 4.76. The Labute approximate surface area is 151 Å². The number of thioether (sulfide) groups is 1. The second kappa shape index (κ2) is 8.07. The molecule has 0 unspecified atom stereocenters. The van der Waals surface area contributed by atoms with Crippen LogP contribution < -0.4 is 9.47 Å². The van der Waals surface area contributed by atoms with Gasteiger partial charge in [0, 0.05) is 5.41 Å².